The third-order valence-corrected chi connectivity index (χ3v) is 5.95. The first kappa shape index (κ1) is 11.9. The van der Waals surface area contributed by atoms with E-state index in [0.29, 0.717) is 9.08 Å². The maximum Gasteiger partial charge on any atom is 0.268 e. The highest BCUT2D eigenvalue weighted by Crippen LogP contribution is 2.27. The molecule has 0 saturated carbocycles. The number of rotatable bonds is 2. The monoisotopic (exact) mass is 363 g/mol. The lowest BCUT2D eigenvalue weighted by atomic mass is 10.4. The van der Waals surface area contributed by atoms with Gasteiger partial charge in [-0.15, -0.1) is 0 Å². The van der Waals surface area contributed by atoms with Crippen molar-refractivity contribution < 1.29 is 8.42 Å². The zero-order valence-electron chi connectivity index (χ0n) is 7.97. The van der Waals surface area contributed by atoms with Crippen LogP contribution < -0.4 is 0 Å². The number of aromatic nitrogens is 1. The largest absolute Gasteiger partial charge is 0.268 e. The van der Waals surface area contributed by atoms with E-state index in [-0.39, 0.29) is 4.90 Å². The SMILES string of the molecule is O=S(=O)(c1ccccc1)n1ccc(Br)c1Br. The van der Waals surface area contributed by atoms with Crippen LogP contribution in [0.25, 0.3) is 0 Å². The van der Waals surface area contributed by atoms with Crippen LogP contribution >= 0.6 is 31.9 Å². The first-order valence-electron chi connectivity index (χ1n) is 4.36. The van der Waals surface area contributed by atoms with Crippen LogP contribution in [-0.4, -0.2) is 12.4 Å². The average molecular weight is 365 g/mol. The Morgan fingerprint density at radius 1 is 1.00 bits per heavy atom. The van der Waals surface area contributed by atoms with Gasteiger partial charge in [0.15, 0.2) is 0 Å². The molecule has 0 radical (unpaired) electrons. The van der Waals surface area contributed by atoms with Crippen molar-refractivity contribution >= 4 is 41.9 Å². The number of nitrogens with zero attached hydrogens (tertiary/aromatic N) is 1. The summed E-state index contributed by atoms with van der Waals surface area (Å²) in [4.78, 5) is 0.263. The Balaban J connectivity index is 2.61. The van der Waals surface area contributed by atoms with E-state index in [4.69, 9.17) is 0 Å². The quantitative estimate of drug-likeness (QED) is 0.820. The van der Waals surface area contributed by atoms with Crippen LogP contribution in [0, 0.1) is 0 Å². The van der Waals surface area contributed by atoms with Gasteiger partial charge in [-0.05, 0) is 50.1 Å². The highest BCUT2D eigenvalue weighted by molar-refractivity contribution is 9.13. The summed E-state index contributed by atoms with van der Waals surface area (Å²) in [7, 11) is -3.51. The second-order valence-electron chi connectivity index (χ2n) is 3.07. The van der Waals surface area contributed by atoms with E-state index in [1.165, 1.54) is 10.2 Å². The predicted octanol–water partition coefficient (Wildman–Crippen LogP) is 3.25. The topological polar surface area (TPSA) is 39.1 Å². The van der Waals surface area contributed by atoms with E-state index in [2.05, 4.69) is 31.9 Å². The van der Waals surface area contributed by atoms with Gasteiger partial charge in [-0.3, -0.25) is 0 Å². The molecule has 0 N–H and O–H groups in total. The smallest absolute Gasteiger partial charge is 0.234 e. The Labute approximate surface area is 110 Å². The molecule has 0 amide bonds. The van der Waals surface area contributed by atoms with Crippen molar-refractivity contribution in [2.45, 2.75) is 4.90 Å². The van der Waals surface area contributed by atoms with Crippen molar-refractivity contribution in [3.8, 4) is 0 Å². The second kappa shape index (κ2) is 4.35. The van der Waals surface area contributed by atoms with Crippen LogP contribution in [-0.2, 0) is 10.0 Å². The van der Waals surface area contributed by atoms with Crippen molar-refractivity contribution in [1.82, 2.24) is 3.97 Å². The molecule has 2 rings (SSSR count). The maximum atomic E-state index is 12.2. The lowest BCUT2D eigenvalue weighted by molar-refractivity contribution is 0.586. The highest BCUT2D eigenvalue weighted by Gasteiger charge is 2.19. The van der Waals surface area contributed by atoms with E-state index in [1.807, 2.05) is 0 Å². The molecule has 0 aliphatic heterocycles. The van der Waals surface area contributed by atoms with Crippen molar-refractivity contribution in [3.05, 3.63) is 51.7 Å². The molecule has 2 aromatic rings. The molecule has 1 heterocycles. The zero-order valence-corrected chi connectivity index (χ0v) is 12.0. The minimum absolute atomic E-state index is 0.263. The molecule has 6 heteroatoms. The zero-order chi connectivity index (χ0) is 11.8. The molecule has 0 bridgehead atoms. The summed E-state index contributed by atoms with van der Waals surface area (Å²) in [5, 5.41) is 0. The number of benzene rings is 1. The molecule has 0 spiro atoms. The Bertz CT molecular complexity index is 605. The summed E-state index contributed by atoms with van der Waals surface area (Å²) in [5.41, 5.74) is 0. The lowest BCUT2D eigenvalue weighted by Gasteiger charge is -2.06. The summed E-state index contributed by atoms with van der Waals surface area (Å²) < 4.78 is 26.7. The molecule has 0 saturated heterocycles. The second-order valence-corrected chi connectivity index (χ2v) is 6.49. The first-order chi connectivity index (χ1) is 7.53. The standard InChI is InChI=1S/C10H7Br2NO2S/c11-9-6-7-13(10(9)12)16(14,15)8-4-2-1-3-5-8/h1-7H. The van der Waals surface area contributed by atoms with Crippen LogP contribution in [0.4, 0.5) is 0 Å². The molecular formula is C10H7Br2NO2S. The average Bonchev–Trinajstić information content (AvgIpc) is 2.61. The number of hydrogen-bond acceptors (Lipinski definition) is 2. The summed E-state index contributed by atoms with van der Waals surface area (Å²) in [6.45, 7) is 0. The molecule has 0 unspecified atom stereocenters. The molecule has 1 aromatic heterocycles. The predicted molar refractivity (Wildman–Crippen MR) is 68.9 cm³/mol. The molecule has 1 aromatic carbocycles. The molecule has 0 aliphatic rings. The number of hydrogen-bond donors (Lipinski definition) is 0. The van der Waals surface area contributed by atoms with Crippen LogP contribution in [0.5, 0.6) is 0 Å². The molecule has 16 heavy (non-hydrogen) atoms. The fraction of sp³-hybridized carbons (Fsp3) is 0. The minimum Gasteiger partial charge on any atom is -0.234 e. The molecule has 0 atom stereocenters. The van der Waals surface area contributed by atoms with Gasteiger partial charge in [0, 0.05) is 6.20 Å². The van der Waals surface area contributed by atoms with Crippen molar-refractivity contribution in [1.29, 1.82) is 0 Å². The Morgan fingerprint density at radius 3 is 2.12 bits per heavy atom. The Kier molecular flexibility index (Phi) is 3.23. The summed E-state index contributed by atoms with van der Waals surface area (Å²) in [6.07, 6.45) is 1.50. The summed E-state index contributed by atoms with van der Waals surface area (Å²) in [6, 6.07) is 9.97. The van der Waals surface area contributed by atoms with E-state index in [1.54, 1.807) is 36.4 Å². The number of halogens is 2. The van der Waals surface area contributed by atoms with E-state index >= 15 is 0 Å². The molecular weight excluding hydrogens is 358 g/mol. The van der Waals surface area contributed by atoms with E-state index < -0.39 is 10.0 Å². The molecule has 84 valence electrons. The Hall–Kier alpha value is -0.590. The highest BCUT2D eigenvalue weighted by atomic mass is 79.9. The van der Waals surface area contributed by atoms with E-state index in [9.17, 15) is 8.42 Å². The van der Waals surface area contributed by atoms with Crippen LogP contribution in [0.15, 0.2) is 56.6 Å². The van der Waals surface area contributed by atoms with Crippen LogP contribution in [0.1, 0.15) is 0 Å². The van der Waals surface area contributed by atoms with Crippen LogP contribution in [0.2, 0.25) is 0 Å². The van der Waals surface area contributed by atoms with Crippen molar-refractivity contribution in [2.24, 2.45) is 0 Å². The van der Waals surface area contributed by atoms with E-state index in [0.717, 1.165) is 0 Å². The van der Waals surface area contributed by atoms with Gasteiger partial charge in [0.05, 0.1) is 9.37 Å². The fourth-order valence-corrected chi connectivity index (χ4v) is 3.77. The molecule has 3 nitrogen and oxygen atoms in total. The van der Waals surface area contributed by atoms with Gasteiger partial charge in [-0.25, -0.2) is 12.4 Å². The van der Waals surface area contributed by atoms with Gasteiger partial charge >= 0.3 is 0 Å². The van der Waals surface area contributed by atoms with Gasteiger partial charge < -0.3 is 0 Å². The summed E-state index contributed by atoms with van der Waals surface area (Å²) in [5.74, 6) is 0. The van der Waals surface area contributed by atoms with Crippen LogP contribution in [0.3, 0.4) is 0 Å². The minimum atomic E-state index is -3.51. The molecule has 0 aliphatic carbocycles. The van der Waals surface area contributed by atoms with Gasteiger partial charge in [0.2, 0.25) is 0 Å². The van der Waals surface area contributed by atoms with Gasteiger partial charge in [-0.1, -0.05) is 18.2 Å². The summed E-state index contributed by atoms with van der Waals surface area (Å²) >= 11 is 6.47. The third kappa shape index (κ3) is 1.97. The third-order valence-electron chi connectivity index (χ3n) is 2.05. The fourth-order valence-electron chi connectivity index (χ4n) is 1.26. The lowest BCUT2D eigenvalue weighted by Crippen LogP contribution is -2.11. The van der Waals surface area contributed by atoms with Crippen molar-refractivity contribution in [3.63, 3.8) is 0 Å². The van der Waals surface area contributed by atoms with Gasteiger partial charge in [0.25, 0.3) is 10.0 Å². The van der Waals surface area contributed by atoms with Gasteiger partial charge in [0.1, 0.15) is 4.60 Å². The molecule has 0 fully saturated rings. The first-order valence-corrected chi connectivity index (χ1v) is 7.39. The maximum absolute atomic E-state index is 12.2. The normalized spacial score (nSPS) is 11.6. The van der Waals surface area contributed by atoms with Gasteiger partial charge in [-0.2, -0.15) is 0 Å². The van der Waals surface area contributed by atoms with Crippen molar-refractivity contribution in [2.75, 3.05) is 0 Å². The Morgan fingerprint density at radius 2 is 1.62 bits per heavy atom.